The van der Waals surface area contributed by atoms with Crippen LogP contribution in [0.25, 0.3) is 0 Å². The van der Waals surface area contributed by atoms with E-state index in [9.17, 15) is 9.18 Å². The number of nitrogens with one attached hydrogen (secondary N) is 1. The maximum absolute atomic E-state index is 13.7. The Hall–Kier alpha value is -2.20. The molecule has 1 amide bonds. The fourth-order valence-corrected chi connectivity index (χ4v) is 2.19. The predicted octanol–water partition coefficient (Wildman–Crippen LogP) is 2.57. The second-order valence-electron chi connectivity index (χ2n) is 5.05. The van der Waals surface area contributed by atoms with E-state index in [1.807, 2.05) is 30.3 Å². The van der Waals surface area contributed by atoms with E-state index in [-0.39, 0.29) is 11.7 Å². The highest BCUT2D eigenvalue weighted by molar-refractivity contribution is 5.82. The molecule has 2 atom stereocenters. The lowest BCUT2D eigenvalue weighted by molar-refractivity contribution is -0.123. The topological polar surface area (TPSA) is 55.1 Å². The molecule has 0 aromatic heterocycles. The number of halogens is 1. The lowest BCUT2D eigenvalue weighted by atomic mass is 10.0. The fraction of sp³-hybridized carbons (Fsp3) is 0.235. The molecule has 0 aliphatic carbocycles. The molecular formula is C17H19FN2O. The lowest BCUT2D eigenvalue weighted by Crippen LogP contribution is -2.43. The Labute approximate surface area is 124 Å². The molecule has 0 fully saturated rings. The van der Waals surface area contributed by atoms with Crippen LogP contribution in [0.2, 0.25) is 0 Å². The van der Waals surface area contributed by atoms with Crippen LogP contribution in [0.15, 0.2) is 54.6 Å². The molecule has 1 unspecified atom stereocenters. The minimum atomic E-state index is -0.651. The van der Waals surface area contributed by atoms with E-state index < -0.39 is 12.1 Å². The van der Waals surface area contributed by atoms with Crippen molar-refractivity contribution in [3.05, 3.63) is 71.5 Å². The average Bonchev–Trinajstić information content (AvgIpc) is 2.48. The second-order valence-corrected chi connectivity index (χ2v) is 5.05. The molecule has 2 aromatic carbocycles. The van der Waals surface area contributed by atoms with Gasteiger partial charge in [-0.25, -0.2) is 4.39 Å². The van der Waals surface area contributed by atoms with Gasteiger partial charge >= 0.3 is 0 Å². The maximum Gasteiger partial charge on any atom is 0.237 e. The summed E-state index contributed by atoms with van der Waals surface area (Å²) in [5, 5.41) is 2.75. The van der Waals surface area contributed by atoms with Gasteiger partial charge in [0, 0.05) is 5.56 Å². The minimum absolute atomic E-state index is 0.283. The number of carbonyl (C=O) groups is 1. The summed E-state index contributed by atoms with van der Waals surface area (Å²) in [5.74, 6) is -0.614. The summed E-state index contributed by atoms with van der Waals surface area (Å²) in [7, 11) is 0. The molecule has 3 N–H and O–H groups in total. The van der Waals surface area contributed by atoms with Crippen molar-refractivity contribution < 1.29 is 9.18 Å². The molecule has 0 saturated heterocycles. The van der Waals surface area contributed by atoms with Crippen molar-refractivity contribution in [1.29, 1.82) is 0 Å². The molecule has 0 saturated carbocycles. The Balaban J connectivity index is 1.96. The first-order valence-electron chi connectivity index (χ1n) is 6.92. The lowest BCUT2D eigenvalue weighted by Gasteiger charge is -2.18. The highest BCUT2D eigenvalue weighted by Gasteiger charge is 2.18. The van der Waals surface area contributed by atoms with E-state index in [1.165, 1.54) is 6.07 Å². The molecule has 0 radical (unpaired) electrons. The molecule has 0 heterocycles. The quantitative estimate of drug-likeness (QED) is 0.887. The zero-order chi connectivity index (χ0) is 15.2. The zero-order valence-corrected chi connectivity index (χ0v) is 11.9. The van der Waals surface area contributed by atoms with E-state index in [0.717, 1.165) is 5.56 Å². The molecule has 0 bridgehead atoms. The fourth-order valence-electron chi connectivity index (χ4n) is 2.19. The van der Waals surface area contributed by atoms with Gasteiger partial charge in [-0.05, 0) is 25.0 Å². The molecule has 2 aromatic rings. The predicted molar refractivity (Wildman–Crippen MR) is 81.1 cm³/mol. The van der Waals surface area contributed by atoms with Crippen LogP contribution in [0.5, 0.6) is 0 Å². The zero-order valence-electron chi connectivity index (χ0n) is 11.9. The Bertz CT molecular complexity index is 601. The Morgan fingerprint density at radius 1 is 1.14 bits per heavy atom. The van der Waals surface area contributed by atoms with E-state index >= 15 is 0 Å². The number of hydrogen-bond donors (Lipinski definition) is 2. The van der Waals surface area contributed by atoms with Gasteiger partial charge in [-0.3, -0.25) is 4.79 Å². The molecule has 0 aliphatic heterocycles. The highest BCUT2D eigenvalue weighted by atomic mass is 19.1. The van der Waals surface area contributed by atoms with Gasteiger partial charge in [-0.15, -0.1) is 0 Å². The third-order valence-electron chi connectivity index (χ3n) is 3.37. The van der Waals surface area contributed by atoms with Crippen molar-refractivity contribution in [3.8, 4) is 0 Å². The number of benzene rings is 2. The second kappa shape index (κ2) is 6.99. The molecular weight excluding hydrogens is 267 g/mol. The van der Waals surface area contributed by atoms with Crippen LogP contribution in [0.3, 0.4) is 0 Å². The van der Waals surface area contributed by atoms with Crippen LogP contribution in [0, 0.1) is 5.82 Å². The molecule has 4 heteroatoms. The number of carbonyl (C=O) groups excluding carboxylic acids is 1. The maximum atomic E-state index is 13.7. The number of hydrogen-bond acceptors (Lipinski definition) is 2. The van der Waals surface area contributed by atoms with Crippen LogP contribution in [0.1, 0.15) is 24.1 Å². The van der Waals surface area contributed by atoms with Crippen molar-refractivity contribution >= 4 is 5.91 Å². The highest BCUT2D eigenvalue weighted by Crippen LogP contribution is 2.16. The van der Waals surface area contributed by atoms with E-state index in [4.69, 9.17) is 5.73 Å². The number of nitrogens with two attached hydrogens (primary N) is 1. The molecule has 21 heavy (non-hydrogen) atoms. The molecule has 0 spiro atoms. The number of amides is 1. The largest absolute Gasteiger partial charge is 0.348 e. The van der Waals surface area contributed by atoms with Gasteiger partial charge in [0.2, 0.25) is 5.91 Å². The SMILES string of the molecule is C[C@@H](NC(=O)C(N)Cc1ccccc1)c1ccccc1F. The van der Waals surface area contributed by atoms with Crippen molar-refractivity contribution in [3.63, 3.8) is 0 Å². The summed E-state index contributed by atoms with van der Waals surface area (Å²) in [6.07, 6.45) is 0.455. The van der Waals surface area contributed by atoms with Crippen LogP contribution < -0.4 is 11.1 Å². The van der Waals surface area contributed by atoms with Gasteiger partial charge in [0.15, 0.2) is 0 Å². The van der Waals surface area contributed by atoms with Crippen LogP contribution >= 0.6 is 0 Å². The Morgan fingerprint density at radius 3 is 2.43 bits per heavy atom. The summed E-state index contributed by atoms with van der Waals surface area (Å²) >= 11 is 0. The molecule has 0 aliphatic rings. The molecule has 2 rings (SSSR count). The van der Waals surface area contributed by atoms with Crippen LogP contribution in [0.4, 0.5) is 4.39 Å². The van der Waals surface area contributed by atoms with Gasteiger partial charge in [-0.1, -0.05) is 48.5 Å². The normalized spacial score (nSPS) is 13.5. The summed E-state index contributed by atoms with van der Waals surface area (Å²) in [6, 6.07) is 14.9. The summed E-state index contributed by atoms with van der Waals surface area (Å²) in [5.41, 5.74) is 7.36. The van der Waals surface area contributed by atoms with Crippen LogP contribution in [-0.2, 0) is 11.2 Å². The Morgan fingerprint density at radius 2 is 1.76 bits per heavy atom. The van der Waals surface area contributed by atoms with Gasteiger partial charge in [0.05, 0.1) is 12.1 Å². The van der Waals surface area contributed by atoms with Crippen molar-refractivity contribution in [2.75, 3.05) is 0 Å². The first kappa shape index (κ1) is 15.2. The number of rotatable bonds is 5. The van der Waals surface area contributed by atoms with Crippen molar-refractivity contribution in [2.45, 2.75) is 25.4 Å². The summed E-state index contributed by atoms with van der Waals surface area (Å²) in [6.45, 7) is 1.74. The van der Waals surface area contributed by atoms with Gasteiger partial charge in [-0.2, -0.15) is 0 Å². The van der Waals surface area contributed by atoms with E-state index in [0.29, 0.717) is 12.0 Å². The minimum Gasteiger partial charge on any atom is -0.348 e. The Kier molecular flexibility index (Phi) is 5.06. The summed E-state index contributed by atoms with van der Waals surface area (Å²) < 4.78 is 13.7. The van der Waals surface area contributed by atoms with Crippen molar-refractivity contribution in [1.82, 2.24) is 5.32 Å². The van der Waals surface area contributed by atoms with Crippen molar-refractivity contribution in [2.24, 2.45) is 5.73 Å². The smallest absolute Gasteiger partial charge is 0.237 e. The van der Waals surface area contributed by atoms with E-state index in [2.05, 4.69) is 5.32 Å². The monoisotopic (exact) mass is 286 g/mol. The third-order valence-corrected chi connectivity index (χ3v) is 3.37. The molecule has 3 nitrogen and oxygen atoms in total. The molecule has 110 valence electrons. The van der Waals surface area contributed by atoms with Crippen LogP contribution in [-0.4, -0.2) is 11.9 Å². The standard InChI is InChI=1S/C17H19FN2O/c1-12(14-9-5-6-10-15(14)18)20-17(21)16(19)11-13-7-3-2-4-8-13/h2-10,12,16H,11,19H2,1H3,(H,20,21)/t12-,16?/m1/s1. The first-order valence-corrected chi connectivity index (χ1v) is 6.92. The third kappa shape index (κ3) is 4.13. The first-order chi connectivity index (χ1) is 10.1. The average molecular weight is 286 g/mol. The van der Waals surface area contributed by atoms with Gasteiger partial charge < -0.3 is 11.1 Å². The van der Waals surface area contributed by atoms with E-state index in [1.54, 1.807) is 25.1 Å². The van der Waals surface area contributed by atoms with Gasteiger partial charge in [0.1, 0.15) is 5.82 Å². The summed E-state index contributed by atoms with van der Waals surface area (Å²) in [4.78, 5) is 12.1. The van der Waals surface area contributed by atoms with Gasteiger partial charge in [0.25, 0.3) is 0 Å².